The molecule has 0 spiro atoms. The van der Waals surface area contributed by atoms with E-state index in [4.69, 9.17) is 23.4 Å². The molecule has 1 unspecified atom stereocenters. The minimum Gasteiger partial charge on any atom is -0.479 e. The molecule has 8 nitrogen and oxygen atoms in total. The lowest BCUT2D eigenvalue weighted by Crippen LogP contribution is -2.26. The van der Waals surface area contributed by atoms with Crippen molar-refractivity contribution in [2.45, 2.75) is 39.5 Å². The van der Waals surface area contributed by atoms with Gasteiger partial charge in [-0.05, 0) is 56.7 Å². The smallest absolute Gasteiger partial charge is 0.453 e. The molecule has 0 saturated carbocycles. The van der Waals surface area contributed by atoms with Gasteiger partial charge < -0.3 is 23.4 Å². The Balaban J connectivity index is 1.96. The average Bonchev–Trinajstić information content (AvgIpc) is 2.84. The Labute approximate surface area is 203 Å². The average molecular weight is 508 g/mol. The predicted octanol–water partition coefficient (Wildman–Crippen LogP) is 5.50. The maximum absolute atomic E-state index is 13.8. The summed E-state index contributed by atoms with van der Waals surface area (Å²) < 4.78 is 66.9. The van der Waals surface area contributed by atoms with Gasteiger partial charge in [0, 0.05) is 6.07 Å². The van der Waals surface area contributed by atoms with Crippen LogP contribution in [0, 0.1) is 0 Å². The summed E-state index contributed by atoms with van der Waals surface area (Å²) in [7, 11) is 0. The summed E-state index contributed by atoms with van der Waals surface area (Å²) in [6.45, 7) is 5.20. The molecule has 3 rings (SSSR count). The molecule has 11 heteroatoms. The lowest BCUT2D eigenvalue weighted by Gasteiger charge is -2.15. The van der Waals surface area contributed by atoms with E-state index < -0.39 is 46.7 Å². The van der Waals surface area contributed by atoms with E-state index in [1.807, 2.05) is 6.92 Å². The molecule has 0 fully saturated rings. The maximum Gasteiger partial charge on any atom is 0.453 e. The van der Waals surface area contributed by atoms with Crippen LogP contribution in [-0.4, -0.2) is 31.3 Å². The summed E-state index contributed by atoms with van der Waals surface area (Å²) in [4.78, 5) is 36.6. The summed E-state index contributed by atoms with van der Waals surface area (Å²) in [5, 5.41) is -0.200. The van der Waals surface area contributed by atoms with E-state index in [9.17, 15) is 27.6 Å². The van der Waals surface area contributed by atoms with Gasteiger partial charge in [-0.3, -0.25) is 4.79 Å². The second-order valence-electron chi connectivity index (χ2n) is 7.52. The van der Waals surface area contributed by atoms with Crippen LogP contribution in [0.2, 0.25) is 0 Å². The third kappa shape index (κ3) is 6.15. The van der Waals surface area contributed by atoms with E-state index in [0.29, 0.717) is 6.42 Å². The van der Waals surface area contributed by atoms with Gasteiger partial charge in [-0.15, -0.1) is 0 Å². The molecule has 1 atom stereocenters. The van der Waals surface area contributed by atoms with E-state index in [-0.39, 0.29) is 35.7 Å². The number of benzene rings is 2. The highest BCUT2D eigenvalue weighted by Crippen LogP contribution is 2.38. The van der Waals surface area contributed by atoms with Gasteiger partial charge in [-0.1, -0.05) is 6.92 Å². The van der Waals surface area contributed by atoms with Crippen molar-refractivity contribution in [2.75, 3.05) is 13.2 Å². The van der Waals surface area contributed by atoms with E-state index in [2.05, 4.69) is 0 Å². The number of alkyl halides is 3. The molecule has 0 aliphatic carbocycles. The molecule has 0 saturated heterocycles. The van der Waals surface area contributed by atoms with Crippen molar-refractivity contribution in [3.63, 3.8) is 0 Å². The van der Waals surface area contributed by atoms with Crippen molar-refractivity contribution in [1.82, 2.24) is 0 Å². The van der Waals surface area contributed by atoms with Crippen molar-refractivity contribution in [2.24, 2.45) is 0 Å². The first-order valence-electron chi connectivity index (χ1n) is 11.0. The third-order valence-electron chi connectivity index (χ3n) is 4.76. The fraction of sp³-hybridized carbons (Fsp3) is 0.320. The fourth-order valence-corrected chi connectivity index (χ4v) is 3.08. The number of fused-ring (bicyclic) bond motifs is 1. The molecule has 3 aromatic rings. The second kappa shape index (κ2) is 11.1. The van der Waals surface area contributed by atoms with Crippen LogP contribution < -0.4 is 14.9 Å². The van der Waals surface area contributed by atoms with Crippen molar-refractivity contribution in [3.05, 3.63) is 64.0 Å². The normalized spacial score (nSPS) is 12.2. The molecular formula is C25H23F3O8. The Bertz CT molecular complexity index is 1300. The summed E-state index contributed by atoms with van der Waals surface area (Å²) in [5.41, 5.74) is -1.32. The molecule has 1 aromatic heterocycles. The van der Waals surface area contributed by atoms with Crippen LogP contribution in [-0.2, 0) is 20.4 Å². The Morgan fingerprint density at radius 3 is 2.28 bits per heavy atom. The number of esters is 2. The van der Waals surface area contributed by atoms with Gasteiger partial charge in [-0.2, -0.15) is 13.2 Å². The number of carbonyl (C=O) groups excluding carboxylic acids is 2. The van der Waals surface area contributed by atoms with Crippen LogP contribution in [0.1, 0.15) is 43.3 Å². The van der Waals surface area contributed by atoms with E-state index in [1.54, 1.807) is 6.92 Å². The van der Waals surface area contributed by atoms with E-state index in [1.165, 1.54) is 43.3 Å². The second-order valence-corrected chi connectivity index (χ2v) is 7.52. The van der Waals surface area contributed by atoms with Crippen LogP contribution in [0.5, 0.6) is 17.2 Å². The largest absolute Gasteiger partial charge is 0.479 e. The van der Waals surface area contributed by atoms with Crippen LogP contribution in [0.4, 0.5) is 13.2 Å². The van der Waals surface area contributed by atoms with Crippen LogP contribution >= 0.6 is 0 Å². The SMILES string of the molecule is CCCOC(=O)c1ccc(Oc2c(C(F)(F)F)oc3cc(OC(C)C(=O)OCC)ccc3c2=O)cc1. The number of carbonyl (C=O) groups is 2. The van der Waals surface area contributed by atoms with E-state index in [0.717, 1.165) is 6.07 Å². The van der Waals surface area contributed by atoms with Gasteiger partial charge in [0.1, 0.15) is 17.1 Å². The highest BCUT2D eigenvalue weighted by molar-refractivity contribution is 5.89. The molecule has 0 bridgehead atoms. The zero-order valence-electron chi connectivity index (χ0n) is 19.6. The van der Waals surface area contributed by atoms with Crippen LogP contribution in [0.15, 0.2) is 51.7 Å². The highest BCUT2D eigenvalue weighted by Gasteiger charge is 2.40. The Morgan fingerprint density at radius 1 is 1.00 bits per heavy atom. The fourth-order valence-electron chi connectivity index (χ4n) is 3.08. The maximum atomic E-state index is 13.8. The third-order valence-corrected chi connectivity index (χ3v) is 4.76. The number of ether oxygens (including phenoxy) is 4. The Kier molecular flexibility index (Phi) is 8.23. The molecule has 0 amide bonds. The summed E-state index contributed by atoms with van der Waals surface area (Å²) in [6, 6.07) is 8.66. The highest BCUT2D eigenvalue weighted by atomic mass is 19.4. The monoisotopic (exact) mass is 508 g/mol. The number of hydrogen-bond donors (Lipinski definition) is 0. The summed E-state index contributed by atoms with van der Waals surface area (Å²) >= 11 is 0. The van der Waals surface area contributed by atoms with Crippen molar-refractivity contribution < 1.29 is 46.1 Å². The first-order valence-corrected chi connectivity index (χ1v) is 11.0. The zero-order chi connectivity index (χ0) is 26.5. The molecule has 36 heavy (non-hydrogen) atoms. The lowest BCUT2D eigenvalue weighted by molar-refractivity contribution is -0.154. The molecule has 0 aliphatic rings. The molecule has 1 heterocycles. The molecule has 0 radical (unpaired) electrons. The molecule has 192 valence electrons. The predicted molar refractivity (Wildman–Crippen MR) is 121 cm³/mol. The molecule has 0 aliphatic heterocycles. The van der Waals surface area contributed by atoms with Gasteiger partial charge in [0.05, 0.1) is 24.2 Å². The summed E-state index contributed by atoms with van der Waals surface area (Å²) in [6.07, 6.45) is -5.48. The Hall–Kier alpha value is -4.02. The van der Waals surface area contributed by atoms with Crippen molar-refractivity contribution >= 4 is 22.9 Å². The minimum atomic E-state index is -5.07. The van der Waals surface area contributed by atoms with Gasteiger partial charge in [0.2, 0.25) is 11.2 Å². The number of hydrogen-bond acceptors (Lipinski definition) is 8. The van der Waals surface area contributed by atoms with Crippen molar-refractivity contribution in [3.8, 4) is 17.2 Å². The van der Waals surface area contributed by atoms with Gasteiger partial charge >= 0.3 is 18.1 Å². The standard InChI is InChI=1S/C25H23F3O8/c1-4-12-33-24(31)15-6-8-16(9-7-15)35-21-20(29)18-11-10-17(34-14(3)23(30)32-5-2)13-19(18)36-22(21)25(26,27)28/h6-11,13-14H,4-5,12H2,1-3H3. The number of halogens is 3. The van der Waals surface area contributed by atoms with Gasteiger partial charge in [0.25, 0.3) is 5.76 Å². The Morgan fingerprint density at radius 2 is 1.67 bits per heavy atom. The number of rotatable bonds is 9. The van der Waals surface area contributed by atoms with E-state index >= 15 is 0 Å². The zero-order valence-corrected chi connectivity index (χ0v) is 19.6. The first-order chi connectivity index (χ1) is 17.0. The van der Waals surface area contributed by atoms with Crippen LogP contribution in [0.25, 0.3) is 11.0 Å². The quantitative estimate of drug-likeness (QED) is 0.349. The molecule has 2 aromatic carbocycles. The van der Waals surface area contributed by atoms with Crippen LogP contribution in [0.3, 0.4) is 0 Å². The molecule has 0 N–H and O–H groups in total. The lowest BCUT2D eigenvalue weighted by atomic mass is 10.2. The summed E-state index contributed by atoms with van der Waals surface area (Å²) in [5.74, 6) is -4.10. The van der Waals surface area contributed by atoms with Crippen molar-refractivity contribution in [1.29, 1.82) is 0 Å². The van der Waals surface area contributed by atoms with Gasteiger partial charge in [-0.25, -0.2) is 9.59 Å². The van der Waals surface area contributed by atoms with Gasteiger partial charge in [0.15, 0.2) is 6.10 Å². The first kappa shape index (κ1) is 26.6. The molecular weight excluding hydrogens is 485 g/mol. The minimum absolute atomic E-state index is 0.00135. The topological polar surface area (TPSA) is 101 Å².